The first-order valence-corrected chi connectivity index (χ1v) is 9.79. The van der Waals surface area contributed by atoms with Gasteiger partial charge in [-0.25, -0.2) is 9.97 Å². The highest BCUT2D eigenvalue weighted by Gasteiger charge is 2.13. The molecule has 2 N–H and O–H groups in total. The minimum atomic E-state index is -0.223. The highest BCUT2D eigenvalue weighted by Crippen LogP contribution is 2.24. The number of hydrogen-bond acceptors (Lipinski definition) is 6. The summed E-state index contributed by atoms with van der Waals surface area (Å²) in [6.07, 6.45) is 1.70. The lowest BCUT2D eigenvalue weighted by molar-refractivity contribution is 0.102. The number of rotatable bonds is 7. The summed E-state index contributed by atoms with van der Waals surface area (Å²) < 4.78 is 0. The van der Waals surface area contributed by atoms with Gasteiger partial charge in [0.2, 0.25) is 0 Å². The van der Waals surface area contributed by atoms with Crippen LogP contribution in [-0.4, -0.2) is 29.0 Å². The Morgan fingerprint density at radius 1 is 1.19 bits per heavy atom. The van der Waals surface area contributed by atoms with Gasteiger partial charge in [-0.3, -0.25) is 4.79 Å². The number of benzene rings is 1. The van der Waals surface area contributed by atoms with Crippen molar-refractivity contribution in [2.45, 2.75) is 20.8 Å². The summed E-state index contributed by atoms with van der Waals surface area (Å²) in [5.74, 6) is 0.473. The van der Waals surface area contributed by atoms with Crippen molar-refractivity contribution in [2.75, 3.05) is 28.6 Å². The van der Waals surface area contributed by atoms with Gasteiger partial charge in [-0.2, -0.15) is 0 Å². The smallest absolute Gasteiger partial charge is 0.275 e. The highest BCUT2D eigenvalue weighted by atomic mass is 32.1. The predicted molar refractivity (Wildman–Crippen MR) is 112 cm³/mol. The van der Waals surface area contributed by atoms with Crippen molar-refractivity contribution >= 4 is 39.6 Å². The summed E-state index contributed by atoms with van der Waals surface area (Å²) >= 11 is 1.37. The fourth-order valence-corrected chi connectivity index (χ4v) is 3.44. The lowest BCUT2D eigenvalue weighted by Gasteiger charge is -2.22. The van der Waals surface area contributed by atoms with Crippen LogP contribution in [0.15, 0.2) is 48.0 Å². The maximum atomic E-state index is 12.5. The lowest BCUT2D eigenvalue weighted by Crippen LogP contribution is -2.22. The first kappa shape index (κ1) is 18.8. The summed E-state index contributed by atoms with van der Waals surface area (Å²) in [5, 5.41) is 8.42. The molecule has 6 nitrogen and oxygen atoms in total. The number of nitrogens with zero attached hydrogens (tertiary/aromatic N) is 3. The third-order valence-corrected chi connectivity index (χ3v) is 4.98. The SMILES string of the molecule is CCN(CC)c1ccc(NC(=O)c2csc(Nc3ccccn3)n2)c(C)c1. The number of hydrogen-bond donors (Lipinski definition) is 2. The van der Waals surface area contributed by atoms with Crippen molar-refractivity contribution in [2.24, 2.45) is 0 Å². The number of pyridine rings is 1. The van der Waals surface area contributed by atoms with Crippen molar-refractivity contribution in [3.05, 3.63) is 59.2 Å². The van der Waals surface area contributed by atoms with Gasteiger partial charge in [0.1, 0.15) is 11.5 Å². The van der Waals surface area contributed by atoms with Crippen molar-refractivity contribution in [1.29, 1.82) is 0 Å². The van der Waals surface area contributed by atoms with Gasteiger partial charge in [0.05, 0.1) is 0 Å². The number of amides is 1. The molecule has 0 fully saturated rings. The number of nitrogens with one attached hydrogen (secondary N) is 2. The molecule has 0 saturated carbocycles. The molecule has 0 spiro atoms. The van der Waals surface area contributed by atoms with Gasteiger partial charge in [-0.05, 0) is 56.7 Å². The van der Waals surface area contributed by atoms with Crippen LogP contribution in [0, 0.1) is 6.92 Å². The molecule has 0 aliphatic heterocycles. The van der Waals surface area contributed by atoms with E-state index < -0.39 is 0 Å². The normalized spacial score (nSPS) is 10.5. The molecule has 0 atom stereocenters. The maximum Gasteiger partial charge on any atom is 0.275 e. The average molecular weight is 382 g/mol. The molecule has 140 valence electrons. The van der Waals surface area contributed by atoms with Crippen LogP contribution in [0.4, 0.5) is 22.3 Å². The maximum absolute atomic E-state index is 12.5. The molecular formula is C20H23N5OS. The molecule has 0 aliphatic rings. The Balaban J connectivity index is 1.69. The Kier molecular flexibility index (Phi) is 6.03. The summed E-state index contributed by atoms with van der Waals surface area (Å²) in [6.45, 7) is 8.16. The van der Waals surface area contributed by atoms with E-state index in [1.54, 1.807) is 11.6 Å². The second kappa shape index (κ2) is 8.64. The first-order valence-electron chi connectivity index (χ1n) is 8.91. The summed E-state index contributed by atoms with van der Waals surface area (Å²) in [4.78, 5) is 23.4. The molecule has 0 unspecified atom stereocenters. The van der Waals surface area contributed by atoms with Crippen LogP contribution < -0.4 is 15.5 Å². The lowest BCUT2D eigenvalue weighted by atomic mass is 10.1. The van der Waals surface area contributed by atoms with Crippen molar-refractivity contribution < 1.29 is 4.79 Å². The molecule has 1 aromatic carbocycles. The van der Waals surface area contributed by atoms with E-state index in [2.05, 4.69) is 45.4 Å². The van der Waals surface area contributed by atoms with Gasteiger partial charge in [0.15, 0.2) is 5.13 Å². The summed E-state index contributed by atoms with van der Waals surface area (Å²) in [7, 11) is 0. The van der Waals surface area contributed by atoms with Gasteiger partial charge in [0, 0.05) is 36.0 Å². The molecule has 0 bridgehead atoms. The standard InChI is InChI=1S/C20H23N5OS/c1-4-25(5-2)15-9-10-16(14(3)12-15)22-19(26)17-13-27-20(23-17)24-18-8-6-7-11-21-18/h6-13H,4-5H2,1-3H3,(H,22,26)(H,21,23,24). The molecule has 2 heterocycles. The minimum absolute atomic E-state index is 0.223. The Morgan fingerprint density at radius 3 is 2.67 bits per heavy atom. The van der Waals surface area contributed by atoms with Gasteiger partial charge in [-0.1, -0.05) is 6.07 Å². The Morgan fingerprint density at radius 2 is 2.00 bits per heavy atom. The van der Waals surface area contributed by atoms with Crippen LogP contribution >= 0.6 is 11.3 Å². The van der Waals surface area contributed by atoms with Crippen LogP contribution in [0.25, 0.3) is 0 Å². The predicted octanol–water partition coefficient (Wildman–Crippen LogP) is 4.69. The van der Waals surface area contributed by atoms with E-state index in [1.165, 1.54) is 11.3 Å². The molecule has 0 aliphatic carbocycles. The fourth-order valence-electron chi connectivity index (χ4n) is 2.74. The van der Waals surface area contributed by atoms with Crippen LogP contribution in [0.3, 0.4) is 0 Å². The molecule has 0 radical (unpaired) electrons. The monoisotopic (exact) mass is 381 g/mol. The molecule has 1 amide bonds. The summed E-state index contributed by atoms with van der Waals surface area (Å²) in [5.41, 5.74) is 3.36. The van der Waals surface area contributed by atoms with Crippen LogP contribution in [0.2, 0.25) is 0 Å². The molecule has 2 aromatic heterocycles. The number of aromatic nitrogens is 2. The van der Waals surface area contributed by atoms with Crippen molar-refractivity contribution in [3.8, 4) is 0 Å². The third kappa shape index (κ3) is 4.62. The minimum Gasteiger partial charge on any atom is -0.372 e. The average Bonchev–Trinajstić information content (AvgIpc) is 3.14. The number of aryl methyl sites for hydroxylation is 1. The van der Waals surface area contributed by atoms with E-state index in [9.17, 15) is 4.79 Å². The largest absolute Gasteiger partial charge is 0.372 e. The topological polar surface area (TPSA) is 70.2 Å². The molecule has 3 aromatic rings. The van der Waals surface area contributed by atoms with E-state index in [0.29, 0.717) is 16.6 Å². The molecule has 0 saturated heterocycles. The Labute approximate surface area is 163 Å². The second-order valence-electron chi connectivity index (χ2n) is 6.00. The van der Waals surface area contributed by atoms with Crippen LogP contribution in [0.5, 0.6) is 0 Å². The van der Waals surface area contributed by atoms with Crippen LogP contribution in [-0.2, 0) is 0 Å². The number of anilines is 4. The highest BCUT2D eigenvalue weighted by molar-refractivity contribution is 7.14. The third-order valence-electron chi connectivity index (χ3n) is 4.22. The number of carbonyl (C=O) groups is 1. The molecule has 27 heavy (non-hydrogen) atoms. The van der Waals surface area contributed by atoms with Crippen molar-refractivity contribution in [3.63, 3.8) is 0 Å². The number of carbonyl (C=O) groups excluding carboxylic acids is 1. The van der Waals surface area contributed by atoms with E-state index >= 15 is 0 Å². The Hall–Kier alpha value is -2.93. The van der Waals surface area contributed by atoms with Gasteiger partial charge >= 0.3 is 0 Å². The van der Waals surface area contributed by atoms with Crippen molar-refractivity contribution in [1.82, 2.24) is 9.97 Å². The van der Waals surface area contributed by atoms with Gasteiger partial charge in [0.25, 0.3) is 5.91 Å². The van der Waals surface area contributed by atoms with E-state index in [4.69, 9.17) is 0 Å². The first-order chi connectivity index (χ1) is 13.1. The molecular weight excluding hydrogens is 358 g/mol. The quantitative estimate of drug-likeness (QED) is 0.621. The molecule has 7 heteroatoms. The zero-order valence-corrected chi connectivity index (χ0v) is 16.5. The van der Waals surface area contributed by atoms with E-state index in [0.717, 1.165) is 30.0 Å². The van der Waals surface area contributed by atoms with E-state index in [-0.39, 0.29) is 5.91 Å². The summed E-state index contributed by atoms with van der Waals surface area (Å²) in [6, 6.07) is 11.7. The van der Waals surface area contributed by atoms with E-state index in [1.807, 2.05) is 37.3 Å². The van der Waals surface area contributed by atoms with Gasteiger partial charge in [-0.15, -0.1) is 11.3 Å². The Bertz CT molecular complexity index is 906. The zero-order chi connectivity index (χ0) is 19.2. The second-order valence-corrected chi connectivity index (χ2v) is 6.86. The fraction of sp³-hybridized carbons (Fsp3) is 0.250. The zero-order valence-electron chi connectivity index (χ0n) is 15.7. The number of thiazole rings is 1. The van der Waals surface area contributed by atoms with Gasteiger partial charge < -0.3 is 15.5 Å². The van der Waals surface area contributed by atoms with Crippen LogP contribution in [0.1, 0.15) is 29.9 Å². The molecule has 3 rings (SSSR count).